The van der Waals surface area contributed by atoms with Crippen LogP contribution in [0.2, 0.25) is 0 Å². The van der Waals surface area contributed by atoms with E-state index in [0.717, 1.165) is 51.2 Å². The first-order valence-electron chi connectivity index (χ1n) is 35.6. The van der Waals surface area contributed by atoms with Gasteiger partial charge in [-0.05, 0) is 204 Å². The highest BCUT2D eigenvalue weighted by atomic mass is 15.2. The lowest BCUT2D eigenvalue weighted by Crippen LogP contribution is -2.10. The monoisotopic (exact) mass is 1330 g/mol. The van der Waals surface area contributed by atoms with Crippen molar-refractivity contribution in [2.24, 2.45) is 0 Å². The number of nitrogens with zero attached hydrogens (tertiary/aromatic N) is 4. The van der Waals surface area contributed by atoms with E-state index in [-0.39, 0.29) is 0 Å². The first-order chi connectivity index (χ1) is 51.4. The molecule has 4 nitrogen and oxygen atoms in total. The van der Waals surface area contributed by atoms with Crippen LogP contribution in [-0.4, -0.2) is 14.1 Å². The fourth-order valence-electron chi connectivity index (χ4n) is 14.2. The third kappa shape index (κ3) is 14.2. The number of anilines is 10. The van der Waals surface area contributed by atoms with Gasteiger partial charge in [-0.2, -0.15) is 0 Å². The summed E-state index contributed by atoms with van der Waals surface area (Å²) in [5.74, 6) is 0. The Bertz CT molecular complexity index is 5510. The molecule has 0 fully saturated rings. The Labute approximate surface area is 610 Å². The molecule has 0 saturated heterocycles. The van der Waals surface area contributed by atoms with Crippen molar-refractivity contribution in [3.63, 3.8) is 0 Å². The molecule has 0 aliphatic carbocycles. The fraction of sp³-hybridized carbons (Fsp3) is 0.0200. The highest BCUT2D eigenvalue weighted by molar-refractivity contribution is 6.12. The van der Waals surface area contributed by atoms with Crippen molar-refractivity contribution in [1.29, 1.82) is 0 Å². The minimum Gasteiger partial charge on any atom is -0.345 e. The maximum Gasteiger partial charge on any atom is 0.0567 e. The molecule has 0 aliphatic rings. The van der Waals surface area contributed by atoms with Gasteiger partial charge in [-0.15, -0.1) is 0 Å². The van der Waals surface area contributed by atoms with Gasteiger partial charge in [0, 0.05) is 76.1 Å². The molecule has 0 aliphatic heterocycles. The van der Waals surface area contributed by atoms with Crippen molar-refractivity contribution in [2.45, 2.75) is 0 Å². The zero-order valence-corrected chi connectivity index (χ0v) is 58.2. The van der Waals surface area contributed by atoms with Gasteiger partial charge in [-0.3, -0.25) is 0 Å². The van der Waals surface area contributed by atoms with E-state index in [1.165, 1.54) is 105 Å². The summed E-state index contributed by atoms with van der Waals surface area (Å²) in [5, 5.41) is 5.00. The Hall–Kier alpha value is -13.5. The quantitative estimate of drug-likeness (QED) is 0.0843. The van der Waals surface area contributed by atoms with Crippen LogP contribution in [-0.2, 0) is 0 Å². The standard InChI is InChI=1S/C51H38N2.C49H38N2/c1-52(51-49-24-10-8-18-43(49)34-44-19-9-11-25-50(44)51)45-30-26-39(27-31-45)40-28-32-46(33-29-40)53(47-22-12-20-41(35-47)37-14-4-2-5-15-37)48-23-13-21-42(36-48)38-16-6-3-7-17-38;1-50(47-23-11-20-42(34-47)37-14-5-2-6-15-37)45-30-26-40(27-31-45)41-28-32-46(33-29-41)51(48-24-12-21-43(35-48)38-16-7-3-8-17-38)49-25-13-22-44(36-49)39-18-9-4-10-19-39/h2-36H,1H3;2-36H,1H3. The van der Waals surface area contributed by atoms with Crippen LogP contribution in [0.15, 0.2) is 425 Å². The normalized spacial score (nSPS) is 11.0. The van der Waals surface area contributed by atoms with E-state index in [4.69, 9.17) is 0 Å². The number of rotatable bonds is 17. The molecule has 0 N–H and O–H groups in total. The molecule has 0 aromatic heterocycles. The SMILES string of the molecule is CN(c1ccc(-c2ccc(N(c3cccc(-c4ccccc4)c3)c3cccc(-c4ccccc4)c3)cc2)cc1)c1c2ccccc2cc2ccccc12.CN(c1ccc(-c2ccc(N(c3cccc(-c4ccccc4)c3)c3cccc(-c4ccccc4)c3)cc2)cc1)c1cccc(-c2ccccc2)c1. The maximum atomic E-state index is 2.36. The van der Waals surface area contributed by atoms with Crippen LogP contribution in [0, 0.1) is 0 Å². The molecule has 17 aromatic carbocycles. The average Bonchev–Trinajstić information content (AvgIpc) is 0.764. The minimum atomic E-state index is 1.10. The predicted molar refractivity (Wildman–Crippen MR) is 444 cm³/mol. The van der Waals surface area contributed by atoms with Crippen molar-refractivity contribution in [3.8, 4) is 77.9 Å². The summed E-state index contributed by atoms with van der Waals surface area (Å²) in [6.07, 6.45) is 0. The topological polar surface area (TPSA) is 13.0 Å². The lowest BCUT2D eigenvalue weighted by molar-refractivity contribution is 1.21. The minimum absolute atomic E-state index is 1.10. The number of benzene rings is 17. The van der Waals surface area contributed by atoms with Crippen molar-refractivity contribution in [1.82, 2.24) is 0 Å². The van der Waals surface area contributed by atoms with E-state index in [1.807, 2.05) is 0 Å². The first kappa shape index (κ1) is 65.1. The summed E-state index contributed by atoms with van der Waals surface area (Å²) in [6, 6.07) is 152. The molecule has 0 unspecified atom stereocenters. The van der Waals surface area contributed by atoms with Crippen LogP contribution in [0.1, 0.15) is 0 Å². The Morgan fingerprint density at radius 3 is 0.663 bits per heavy atom. The van der Waals surface area contributed by atoms with Crippen LogP contribution < -0.4 is 19.6 Å². The summed E-state index contributed by atoms with van der Waals surface area (Å²) in [5.41, 5.74) is 28.0. The van der Waals surface area contributed by atoms with E-state index in [0.29, 0.717) is 0 Å². The molecule has 0 heterocycles. The van der Waals surface area contributed by atoms with Gasteiger partial charge in [-0.25, -0.2) is 0 Å². The zero-order chi connectivity index (χ0) is 70.0. The maximum absolute atomic E-state index is 2.36. The molecule has 17 rings (SSSR count). The van der Waals surface area contributed by atoms with E-state index in [1.54, 1.807) is 0 Å². The lowest BCUT2D eigenvalue weighted by Gasteiger charge is -2.27. The summed E-state index contributed by atoms with van der Waals surface area (Å²) < 4.78 is 0. The third-order valence-electron chi connectivity index (χ3n) is 19.7. The number of hydrogen-bond donors (Lipinski definition) is 0. The van der Waals surface area contributed by atoms with Crippen molar-refractivity contribution in [3.05, 3.63) is 425 Å². The predicted octanol–water partition coefficient (Wildman–Crippen LogP) is 27.8. The molecule has 0 spiro atoms. The highest BCUT2D eigenvalue weighted by Gasteiger charge is 2.19. The van der Waals surface area contributed by atoms with Crippen LogP contribution >= 0.6 is 0 Å². The summed E-state index contributed by atoms with van der Waals surface area (Å²) in [6.45, 7) is 0. The van der Waals surface area contributed by atoms with Gasteiger partial charge in [0.05, 0.1) is 5.69 Å². The molecule has 0 bridgehead atoms. The second-order valence-corrected chi connectivity index (χ2v) is 26.2. The first-order valence-corrected chi connectivity index (χ1v) is 35.6. The van der Waals surface area contributed by atoms with Crippen molar-refractivity contribution in [2.75, 3.05) is 33.7 Å². The summed E-state index contributed by atoms with van der Waals surface area (Å²) in [4.78, 5) is 9.27. The average molecular weight is 1330 g/mol. The van der Waals surface area contributed by atoms with Gasteiger partial charge in [0.2, 0.25) is 0 Å². The Morgan fingerprint density at radius 2 is 0.365 bits per heavy atom. The summed E-state index contributed by atoms with van der Waals surface area (Å²) >= 11 is 0. The Balaban J connectivity index is 0.000000160. The van der Waals surface area contributed by atoms with E-state index in [9.17, 15) is 0 Å². The number of hydrogen-bond acceptors (Lipinski definition) is 4. The van der Waals surface area contributed by atoms with Gasteiger partial charge in [0.1, 0.15) is 0 Å². The largest absolute Gasteiger partial charge is 0.345 e. The highest BCUT2D eigenvalue weighted by Crippen LogP contribution is 2.44. The van der Waals surface area contributed by atoms with Gasteiger partial charge in [0.15, 0.2) is 0 Å². The second kappa shape index (κ2) is 30.1. The van der Waals surface area contributed by atoms with E-state index < -0.39 is 0 Å². The van der Waals surface area contributed by atoms with Gasteiger partial charge in [-0.1, -0.05) is 309 Å². The van der Waals surface area contributed by atoms with Crippen molar-refractivity contribution >= 4 is 78.4 Å². The molecule has 0 radical (unpaired) electrons. The molecule has 496 valence electrons. The van der Waals surface area contributed by atoms with Crippen molar-refractivity contribution < 1.29 is 0 Å². The molecule has 17 aromatic rings. The van der Waals surface area contributed by atoms with E-state index >= 15 is 0 Å². The number of fused-ring (bicyclic) bond motifs is 2. The molecule has 104 heavy (non-hydrogen) atoms. The molecule has 0 saturated carbocycles. The van der Waals surface area contributed by atoms with Crippen LogP contribution in [0.4, 0.5) is 56.9 Å². The summed E-state index contributed by atoms with van der Waals surface area (Å²) in [7, 11) is 4.30. The molecule has 4 heteroatoms. The molecule has 0 atom stereocenters. The molecule has 0 amide bonds. The molecular weight excluding hydrogens is 1260 g/mol. The smallest absolute Gasteiger partial charge is 0.0567 e. The zero-order valence-electron chi connectivity index (χ0n) is 58.2. The molecular formula is C100H76N4. The lowest BCUT2D eigenvalue weighted by atomic mass is 9.99. The Morgan fingerprint density at radius 1 is 0.144 bits per heavy atom. The van der Waals surface area contributed by atoms with Crippen LogP contribution in [0.3, 0.4) is 0 Å². The van der Waals surface area contributed by atoms with E-state index in [2.05, 4.69) is 458 Å². The Kier molecular flexibility index (Phi) is 18.9. The van der Waals surface area contributed by atoms with Crippen LogP contribution in [0.25, 0.3) is 99.4 Å². The fourth-order valence-corrected chi connectivity index (χ4v) is 14.2. The van der Waals surface area contributed by atoms with Gasteiger partial charge >= 0.3 is 0 Å². The third-order valence-corrected chi connectivity index (χ3v) is 19.7. The van der Waals surface area contributed by atoms with Crippen LogP contribution in [0.5, 0.6) is 0 Å². The second-order valence-electron chi connectivity index (χ2n) is 26.2. The van der Waals surface area contributed by atoms with Gasteiger partial charge < -0.3 is 19.6 Å². The van der Waals surface area contributed by atoms with Gasteiger partial charge in [0.25, 0.3) is 0 Å².